The predicted octanol–water partition coefficient (Wildman–Crippen LogP) is 6.28. The summed E-state index contributed by atoms with van der Waals surface area (Å²) >= 11 is 12.9. The topological polar surface area (TPSA) is 86.8 Å². The third kappa shape index (κ3) is 7.23. The summed E-state index contributed by atoms with van der Waals surface area (Å²) in [6, 6.07) is 17.6. The molecule has 41 heavy (non-hydrogen) atoms. The molecular weight excluding hydrogens is 581 g/mol. The van der Waals surface area contributed by atoms with E-state index in [0.29, 0.717) is 26.9 Å². The Bertz CT molecular complexity index is 1490. The number of nitrogens with zero attached hydrogens (tertiary/aromatic N) is 2. The van der Waals surface area contributed by atoms with Crippen molar-refractivity contribution in [3.8, 4) is 0 Å². The van der Waals surface area contributed by atoms with Crippen molar-refractivity contribution in [3.05, 3.63) is 93.5 Å². The molecule has 1 saturated carbocycles. The molecule has 1 fully saturated rings. The van der Waals surface area contributed by atoms with Crippen molar-refractivity contribution in [2.45, 2.75) is 70.0 Å². The normalized spacial score (nSPS) is 14.5. The third-order valence-corrected chi connectivity index (χ3v) is 9.98. The van der Waals surface area contributed by atoms with Gasteiger partial charge in [0.15, 0.2) is 0 Å². The van der Waals surface area contributed by atoms with Crippen molar-refractivity contribution in [3.63, 3.8) is 0 Å². The molecule has 0 unspecified atom stereocenters. The van der Waals surface area contributed by atoms with Crippen LogP contribution in [0.15, 0.2) is 71.6 Å². The van der Waals surface area contributed by atoms with Gasteiger partial charge in [0, 0.05) is 28.2 Å². The number of aryl methyl sites for hydroxylation is 2. The first-order valence-electron chi connectivity index (χ1n) is 13.7. The lowest BCUT2D eigenvalue weighted by Gasteiger charge is -2.33. The number of nitrogens with one attached hydrogen (secondary N) is 1. The molecule has 0 bridgehead atoms. The van der Waals surface area contributed by atoms with Gasteiger partial charge in [-0.3, -0.25) is 13.9 Å². The van der Waals surface area contributed by atoms with Gasteiger partial charge in [-0.05, 0) is 75.1 Å². The van der Waals surface area contributed by atoms with Crippen LogP contribution in [0, 0.1) is 13.8 Å². The van der Waals surface area contributed by atoms with Crippen LogP contribution in [0.3, 0.4) is 0 Å². The number of hydrogen-bond acceptors (Lipinski definition) is 4. The first kappa shape index (κ1) is 30.9. The van der Waals surface area contributed by atoms with Gasteiger partial charge in [0.1, 0.15) is 12.6 Å². The van der Waals surface area contributed by atoms with Crippen molar-refractivity contribution >= 4 is 50.7 Å². The maximum atomic E-state index is 14.2. The molecule has 0 heterocycles. The van der Waals surface area contributed by atoms with Gasteiger partial charge in [0.05, 0.1) is 10.6 Å². The third-order valence-electron chi connectivity index (χ3n) is 7.50. The summed E-state index contributed by atoms with van der Waals surface area (Å²) in [6.07, 6.45) is 3.86. The first-order chi connectivity index (χ1) is 19.5. The van der Waals surface area contributed by atoms with Crippen LogP contribution in [0.1, 0.15) is 49.3 Å². The minimum atomic E-state index is -4.14. The van der Waals surface area contributed by atoms with Crippen molar-refractivity contribution in [2.75, 3.05) is 10.8 Å². The second kappa shape index (κ2) is 13.3. The van der Waals surface area contributed by atoms with E-state index in [1.54, 1.807) is 56.3 Å². The highest BCUT2D eigenvalue weighted by atomic mass is 35.5. The van der Waals surface area contributed by atoms with Crippen LogP contribution in [0.4, 0.5) is 5.69 Å². The SMILES string of the molecule is Cc1ccc(C)c(N(CC(=O)N(Cc2c(Cl)cccc2Cl)[C@H](C)C(=O)NC2CCCC2)S(=O)(=O)c2ccccc2)c1. The second-order valence-electron chi connectivity index (χ2n) is 10.5. The fraction of sp³-hybridized carbons (Fsp3) is 0.355. The number of amides is 2. The van der Waals surface area contributed by atoms with Gasteiger partial charge in [0.2, 0.25) is 11.8 Å². The van der Waals surface area contributed by atoms with Crippen LogP contribution in [0.25, 0.3) is 0 Å². The summed E-state index contributed by atoms with van der Waals surface area (Å²) in [5, 5.41) is 3.75. The van der Waals surface area contributed by atoms with E-state index < -0.39 is 28.5 Å². The molecule has 1 N–H and O–H groups in total. The molecule has 218 valence electrons. The Morgan fingerprint density at radius 2 is 1.59 bits per heavy atom. The number of carbonyl (C=O) groups excluding carboxylic acids is 2. The Balaban J connectivity index is 1.74. The summed E-state index contributed by atoms with van der Waals surface area (Å²) in [6.45, 7) is 4.71. The average Bonchev–Trinajstić information content (AvgIpc) is 3.46. The smallest absolute Gasteiger partial charge is 0.264 e. The summed E-state index contributed by atoms with van der Waals surface area (Å²) in [5.74, 6) is -0.868. The molecule has 4 rings (SSSR count). The number of sulfonamides is 1. The first-order valence-corrected chi connectivity index (χ1v) is 15.9. The van der Waals surface area contributed by atoms with Gasteiger partial charge < -0.3 is 10.2 Å². The van der Waals surface area contributed by atoms with Crippen molar-refractivity contribution in [1.29, 1.82) is 0 Å². The van der Waals surface area contributed by atoms with E-state index in [9.17, 15) is 18.0 Å². The largest absolute Gasteiger partial charge is 0.352 e. The zero-order chi connectivity index (χ0) is 29.7. The maximum Gasteiger partial charge on any atom is 0.264 e. The van der Waals surface area contributed by atoms with E-state index in [-0.39, 0.29) is 23.4 Å². The van der Waals surface area contributed by atoms with Gasteiger partial charge in [-0.15, -0.1) is 0 Å². The van der Waals surface area contributed by atoms with Crippen LogP contribution in [0.2, 0.25) is 10.0 Å². The molecule has 7 nitrogen and oxygen atoms in total. The van der Waals surface area contributed by atoms with E-state index in [1.165, 1.54) is 17.0 Å². The van der Waals surface area contributed by atoms with Gasteiger partial charge in [-0.2, -0.15) is 0 Å². The number of anilines is 1. The highest BCUT2D eigenvalue weighted by Gasteiger charge is 2.34. The molecule has 1 atom stereocenters. The quantitative estimate of drug-likeness (QED) is 0.291. The molecular formula is C31H35Cl2N3O4S. The number of hydrogen-bond donors (Lipinski definition) is 1. The molecule has 0 radical (unpaired) electrons. The molecule has 1 aliphatic rings. The van der Waals surface area contributed by atoms with E-state index in [1.807, 2.05) is 19.1 Å². The predicted molar refractivity (Wildman–Crippen MR) is 164 cm³/mol. The lowest BCUT2D eigenvalue weighted by Crippen LogP contribution is -2.52. The van der Waals surface area contributed by atoms with Gasteiger partial charge in [0.25, 0.3) is 10.0 Å². The van der Waals surface area contributed by atoms with Crippen molar-refractivity contribution < 1.29 is 18.0 Å². The Morgan fingerprint density at radius 3 is 2.22 bits per heavy atom. The maximum absolute atomic E-state index is 14.2. The second-order valence-corrected chi connectivity index (χ2v) is 13.2. The highest BCUT2D eigenvalue weighted by Crippen LogP contribution is 2.30. The molecule has 3 aromatic carbocycles. The van der Waals surface area contributed by atoms with Crippen LogP contribution >= 0.6 is 23.2 Å². The van der Waals surface area contributed by atoms with Crippen LogP contribution < -0.4 is 9.62 Å². The Morgan fingerprint density at radius 1 is 0.951 bits per heavy atom. The number of halogens is 2. The standard InChI is InChI=1S/C31H35Cl2N3O4S/c1-21-16-17-22(2)29(18-21)36(41(39,40)25-12-5-4-6-13-25)20-30(37)35(19-26-27(32)14-9-15-28(26)33)23(3)31(38)34-24-10-7-8-11-24/h4-6,9,12-18,23-24H,7-8,10-11,19-20H2,1-3H3,(H,34,38)/t23-/m1/s1. The molecule has 0 aliphatic heterocycles. The monoisotopic (exact) mass is 615 g/mol. The molecule has 1 aliphatic carbocycles. The fourth-order valence-corrected chi connectivity index (χ4v) is 7.06. The number of benzene rings is 3. The molecule has 0 saturated heterocycles. The summed E-state index contributed by atoms with van der Waals surface area (Å²) in [4.78, 5) is 29.0. The Kier molecular flexibility index (Phi) is 10.00. The summed E-state index contributed by atoms with van der Waals surface area (Å²) in [5.41, 5.74) is 2.40. The molecule has 0 spiro atoms. The highest BCUT2D eigenvalue weighted by molar-refractivity contribution is 7.92. The zero-order valence-corrected chi connectivity index (χ0v) is 25.8. The lowest BCUT2D eigenvalue weighted by atomic mass is 10.1. The minimum absolute atomic E-state index is 0.0516. The summed E-state index contributed by atoms with van der Waals surface area (Å²) < 4.78 is 29.1. The van der Waals surface area contributed by atoms with E-state index in [0.717, 1.165) is 35.6 Å². The molecule has 0 aromatic heterocycles. The van der Waals surface area contributed by atoms with Gasteiger partial charge in [-0.25, -0.2) is 8.42 Å². The summed E-state index contributed by atoms with van der Waals surface area (Å²) in [7, 11) is -4.14. The number of carbonyl (C=O) groups is 2. The van der Waals surface area contributed by atoms with Crippen molar-refractivity contribution in [1.82, 2.24) is 10.2 Å². The fourth-order valence-electron chi connectivity index (χ4n) is 5.05. The Hall–Kier alpha value is -3.07. The Labute approximate surface area is 252 Å². The van der Waals surface area contributed by atoms with Gasteiger partial charge in [-0.1, -0.05) is 72.4 Å². The van der Waals surface area contributed by atoms with Crippen LogP contribution in [-0.4, -0.2) is 43.8 Å². The molecule has 10 heteroatoms. The number of rotatable bonds is 10. The van der Waals surface area contributed by atoms with Crippen LogP contribution in [0.5, 0.6) is 0 Å². The molecule has 2 amide bonds. The van der Waals surface area contributed by atoms with Crippen LogP contribution in [-0.2, 0) is 26.2 Å². The lowest BCUT2D eigenvalue weighted by molar-refractivity contribution is -0.139. The van der Waals surface area contributed by atoms with E-state index in [2.05, 4.69) is 5.32 Å². The van der Waals surface area contributed by atoms with E-state index in [4.69, 9.17) is 23.2 Å². The average molecular weight is 617 g/mol. The zero-order valence-electron chi connectivity index (χ0n) is 23.4. The molecule has 3 aromatic rings. The van der Waals surface area contributed by atoms with E-state index >= 15 is 0 Å². The minimum Gasteiger partial charge on any atom is -0.352 e. The van der Waals surface area contributed by atoms with Gasteiger partial charge >= 0.3 is 0 Å². The van der Waals surface area contributed by atoms with Crippen molar-refractivity contribution in [2.24, 2.45) is 0 Å².